The Morgan fingerprint density at radius 1 is 1.55 bits per heavy atom. The molecule has 1 rings (SSSR count). The van der Waals surface area contributed by atoms with Crippen molar-refractivity contribution in [1.82, 2.24) is 0 Å². The van der Waals surface area contributed by atoms with Crippen LogP contribution in [0.25, 0.3) is 0 Å². The summed E-state index contributed by atoms with van der Waals surface area (Å²) < 4.78 is 5.16. The van der Waals surface area contributed by atoms with Crippen LogP contribution in [0.4, 0.5) is 0 Å². The maximum Gasteiger partial charge on any atom is 0.224 e. The highest BCUT2D eigenvalue weighted by molar-refractivity contribution is 6.63. The molecule has 1 fully saturated rings. The van der Waals surface area contributed by atoms with E-state index in [9.17, 15) is 4.79 Å². The second-order valence-electron chi connectivity index (χ2n) is 3.03. The molecule has 11 heavy (non-hydrogen) atoms. The van der Waals surface area contributed by atoms with Crippen molar-refractivity contribution in [3.63, 3.8) is 0 Å². The van der Waals surface area contributed by atoms with Crippen molar-refractivity contribution in [2.75, 3.05) is 7.11 Å². The van der Waals surface area contributed by atoms with Crippen LogP contribution in [0.3, 0.4) is 0 Å². The molecule has 0 saturated heterocycles. The highest BCUT2D eigenvalue weighted by Crippen LogP contribution is 2.27. The summed E-state index contributed by atoms with van der Waals surface area (Å²) in [7, 11) is 1.69. The van der Waals surface area contributed by atoms with E-state index < -0.39 is 0 Å². The fourth-order valence-electron chi connectivity index (χ4n) is 1.57. The lowest BCUT2D eigenvalue weighted by atomic mass is 9.88. The summed E-state index contributed by atoms with van der Waals surface area (Å²) in [5.41, 5.74) is 0. The number of hydrogen-bond acceptors (Lipinski definition) is 2. The van der Waals surface area contributed by atoms with Crippen LogP contribution in [-0.2, 0) is 9.53 Å². The second kappa shape index (κ2) is 4.07. The van der Waals surface area contributed by atoms with E-state index in [0.717, 1.165) is 25.7 Å². The highest BCUT2D eigenvalue weighted by Gasteiger charge is 2.25. The Bertz CT molecular complexity index is 147. The average molecular weight is 177 g/mol. The van der Waals surface area contributed by atoms with Gasteiger partial charge in [-0.1, -0.05) is 6.42 Å². The van der Waals surface area contributed by atoms with Gasteiger partial charge in [-0.25, -0.2) is 0 Å². The first kappa shape index (κ1) is 9.01. The summed E-state index contributed by atoms with van der Waals surface area (Å²) in [6, 6.07) is 0. The molecule has 2 nitrogen and oxygen atoms in total. The average Bonchev–Trinajstić information content (AvgIpc) is 2.05. The van der Waals surface area contributed by atoms with Gasteiger partial charge < -0.3 is 4.74 Å². The quantitative estimate of drug-likeness (QED) is 0.602. The van der Waals surface area contributed by atoms with Crippen LogP contribution in [0.15, 0.2) is 0 Å². The zero-order chi connectivity index (χ0) is 8.27. The lowest BCUT2D eigenvalue weighted by Gasteiger charge is -2.25. The lowest BCUT2D eigenvalue weighted by Crippen LogP contribution is -2.24. The molecule has 0 amide bonds. The predicted molar refractivity (Wildman–Crippen MR) is 43.6 cm³/mol. The topological polar surface area (TPSA) is 26.3 Å². The van der Waals surface area contributed by atoms with Crippen molar-refractivity contribution in [2.24, 2.45) is 5.92 Å². The first-order chi connectivity index (χ1) is 5.24. The Morgan fingerprint density at radius 2 is 2.27 bits per heavy atom. The number of halogens is 1. The number of rotatable bonds is 2. The van der Waals surface area contributed by atoms with Crippen molar-refractivity contribution in [3.05, 3.63) is 0 Å². The monoisotopic (exact) mass is 176 g/mol. The van der Waals surface area contributed by atoms with Crippen molar-refractivity contribution in [2.45, 2.75) is 31.8 Å². The molecule has 1 aliphatic rings. The molecule has 0 radical (unpaired) electrons. The van der Waals surface area contributed by atoms with Gasteiger partial charge in [0.05, 0.1) is 6.10 Å². The molecular formula is C8H13ClO2. The van der Waals surface area contributed by atoms with Gasteiger partial charge in [0.2, 0.25) is 5.24 Å². The molecule has 0 unspecified atom stereocenters. The van der Waals surface area contributed by atoms with E-state index in [1.54, 1.807) is 7.11 Å². The normalized spacial score (nSPS) is 31.8. The third-order valence-corrected chi connectivity index (χ3v) is 2.59. The molecule has 1 aliphatic carbocycles. The van der Waals surface area contributed by atoms with Gasteiger partial charge in [0.1, 0.15) is 0 Å². The summed E-state index contributed by atoms with van der Waals surface area (Å²) in [5.74, 6) is 0.0374. The summed E-state index contributed by atoms with van der Waals surface area (Å²) in [5, 5.41) is -0.202. The maximum absolute atomic E-state index is 10.8. The van der Waals surface area contributed by atoms with Crippen LogP contribution in [0.5, 0.6) is 0 Å². The van der Waals surface area contributed by atoms with Crippen LogP contribution in [0.2, 0.25) is 0 Å². The first-order valence-corrected chi connectivity index (χ1v) is 4.34. The molecule has 0 heterocycles. The van der Waals surface area contributed by atoms with Gasteiger partial charge in [0.15, 0.2) is 0 Å². The molecule has 0 spiro atoms. The van der Waals surface area contributed by atoms with Crippen molar-refractivity contribution in [1.29, 1.82) is 0 Å². The number of ether oxygens (including phenoxy) is 1. The predicted octanol–water partition coefficient (Wildman–Crippen LogP) is 1.96. The van der Waals surface area contributed by atoms with Crippen LogP contribution >= 0.6 is 11.6 Å². The van der Waals surface area contributed by atoms with Crippen LogP contribution in [0, 0.1) is 5.92 Å². The Hall–Kier alpha value is -0.0800. The molecule has 0 bridgehead atoms. The van der Waals surface area contributed by atoms with E-state index >= 15 is 0 Å². The molecule has 64 valence electrons. The van der Waals surface area contributed by atoms with E-state index in [0.29, 0.717) is 0 Å². The number of carbonyl (C=O) groups excluding carboxylic acids is 1. The van der Waals surface area contributed by atoms with Crippen molar-refractivity contribution >= 4 is 16.8 Å². The summed E-state index contributed by atoms with van der Waals surface area (Å²) in [6.45, 7) is 0. The minimum Gasteiger partial charge on any atom is -0.381 e. The SMILES string of the molecule is CO[C@H]1CCC[C@H](C(=O)Cl)C1. The molecule has 0 aromatic heterocycles. The van der Waals surface area contributed by atoms with E-state index in [4.69, 9.17) is 16.3 Å². The van der Waals surface area contributed by atoms with Crippen LogP contribution in [0.1, 0.15) is 25.7 Å². The largest absolute Gasteiger partial charge is 0.381 e. The molecular weight excluding hydrogens is 164 g/mol. The highest BCUT2D eigenvalue weighted by atomic mass is 35.5. The van der Waals surface area contributed by atoms with Gasteiger partial charge in [-0.05, 0) is 30.9 Å². The standard InChI is InChI=1S/C8H13ClO2/c1-11-7-4-2-3-6(5-7)8(9)10/h6-7H,2-5H2,1H3/t6-,7-/m0/s1. The van der Waals surface area contributed by atoms with Gasteiger partial charge in [0, 0.05) is 13.0 Å². The van der Waals surface area contributed by atoms with Crippen molar-refractivity contribution < 1.29 is 9.53 Å². The summed E-state index contributed by atoms with van der Waals surface area (Å²) in [4.78, 5) is 10.8. The van der Waals surface area contributed by atoms with Gasteiger partial charge >= 0.3 is 0 Å². The minimum atomic E-state index is -0.202. The van der Waals surface area contributed by atoms with Crippen LogP contribution < -0.4 is 0 Å². The first-order valence-electron chi connectivity index (χ1n) is 3.96. The Morgan fingerprint density at radius 3 is 2.82 bits per heavy atom. The Kier molecular flexibility index (Phi) is 3.34. The molecule has 0 aliphatic heterocycles. The van der Waals surface area contributed by atoms with E-state index in [-0.39, 0.29) is 17.3 Å². The van der Waals surface area contributed by atoms with Gasteiger partial charge in [-0.2, -0.15) is 0 Å². The van der Waals surface area contributed by atoms with Gasteiger partial charge in [0.25, 0.3) is 0 Å². The second-order valence-corrected chi connectivity index (χ2v) is 3.40. The van der Waals surface area contributed by atoms with E-state index in [1.807, 2.05) is 0 Å². The smallest absolute Gasteiger partial charge is 0.224 e. The van der Waals surface area contributed by atoms with E-state index in [1.165, 1.54) is 0 Å². The third kappa shape index (κ3) is 2.46. The van der Waals surface area contributed by atoms with E-state index in [2.05, 4.69) is 0 Å². The maximum atomic E-state index is 10.8. The number of methoxy groups -OCH3 is 1. The third-order valence-electron chi connectivity index (χ3n) is 2.28. The fraction of sp³-hybridized carbons (Fsp3) is 0.875. The lowest BCUT2D eigenvalue weighted by molar-refractivity contribution is -0.117. The van der Waals surface area contributed by atoms with Crippen LogP contribution in [-0.4, -0.2) is 18.5 Å². The number of hydrogen-bond donors (Lipinski definition) is 0. The van der Waals surface area contributed by atoms with Gasteiger partial charge in [-0.15, -0.1) is 0 Å². The number of carbonyl (C=O) groups is 1. The zero-order valence-electron chi connectivity index (χ0n) is 6.68. The molecule has 0 N–H and O–H groups in total. The molecule has 2 atom stereocenters. The van der Waals surface area contributed by atoms with Gasteiger partial charge in [-0.3, -0.25) is 4.79 Å². The molecule has 0 aromatic carbocycles. The zero-order valence-corrected chi connectivity index (χ0v) is 7.43. The minimum absolute atomic E-state index is 0.0374. The summed E-state index contributed by atoms with van der Waals surface area (Å²) >= 11 is 5.38. The Balaban J connectivity index is 2.39. The molecule has 0 aromatic rings. The fourth-order valence-corrected chi connectivity index (χ4v) is 1.76. The molecule has 1 saturated carbocycles. The molecule has 3 heteroatoms. The van der Waals surface area contributed by atoms with Crippen molar-refractivity contribution in [3.8, 4) is 0 Å². The Labute approximate surface area is 71.9 Å². The summed E-state index contributed by atoms with van der Waals surface area (Å²) in [6.07, 6.45) is 4.11.